The van der Waals surface area contributed by atoms with E-state index in [2.05, 4.69) is 21.3 Å². The summed E-state index contributed by atoms with van der Waals surface area (Å²) in [6.45, 7) is 2.60. The molecule has 4 fully saturated rings. The van der Waals surface area contributed by atoms with Gasteiger partial charge in [-0.15, -0.1) is 0 Å². The van der Waals surface area contributed by atoms with Crippen molar-refractivity contribution in [3.05, 3.63) is 30.1 Å². The van der Waals surface area contributed by atoms with Gasteiger partial charge in [-0.3, -0.25) is 9.78 Å². The zero-order valence-corrected chi connectivity index (χ0v) is 12.8. The monoisotopic (exact) mass is 297 g/mol. The molecule has 5 atom stereocenters. The number of hydrogen-bond acceptors (Lipinski definition) is 3. The number of nitrogens with zero attached hydrogens (tertiary/aromatic N) is 2. The number of rotatable bonds is 2. The molecule has 3 saturated carbocycles. The molecule has 116 valence electrons. The SMILES string of the molecule is O=C(C1C2C3CCC(C3)C12)N1CCNCC1c1cccnc1. The number of carbonyl (C=O) groups is 1. The van der Waals surface area contributed by atoms with Gasteiger partial charge in [0.1, 0.15) is 0 Å². The van der Waals surface area contributed by atoms with Crippen LogP contribution in [0.15, 0.2) is 24.5 Å². The second-order valence-electron chi connectivity index (χ2n) is 7.55. The maximum Gasteiger partial charge on any atom is 0.226 e. The molecule has 22 heavy (non-hydrogen) atoms. The average Bonchev–Trinajstić information content (AvgIpc) is 3.02. The van der Waals surface area contributed by atoms with E-state index < -0.39 is 0 Å². The lowest BCUT2D eigenvalue weighted by molar-refractivity contribution is -0.137. The smallest absolute Gasteiger partial charge is 0.226 e. The zero-order chi connectivity index (χ0) is 14.7. The van der Waals surface area contributed by atoms with Crippen LogP contribution >= 0.6 is 0 Å². The Bertz CT molecular complexity index is 573. The Morgan fingerprint density at radius 2 is 2.09 bits per heavy atom. The molecule has 3 aliphatic carbocycles. The second-order valence-corrected chi connectivity index (χ2v) is 7.55. The van der Waals surface area contributed by atoms with Crippen molar-refractivity contribution in [1.29, 1.82) is 0 Å². The van der Waals surface area contributed by atoms with Crippen LogP contribution in [0.4, 0.5) is 0 Å². The molecule has 4 heteroatoms. The third-order valence-electron chi connectivity index (χ3n) is 6.62. The van der Waals surface area contributed by atoms with Crippen LogP contribution in [0.3, 0.4) is 0 Å². The summed E-state index contributed by atoms with van der Waals surface area (Å²) in [5.74, 6) is 3.98. The maximum atomic E-state index is 13.2. The number of aromatic nitrogens is 1. The molecular formula is C18H23N3O. The van der Waals surface area contributed by atoms with Gasteiger partial charge in [0, 0.05) is 37.9 Å². The van der Waals surface area contributed by atoms with Gasteiger partial charge < -0.3 is 10.2 Å². The van der Waals surface area contributed by atoms with Crippen LogP contribution in [0.5, 0.6) is 0 Å². The van der Waals surface area contributed by atoms with Crippen molar-refractivity contribution in [2.75, 3.05) is 19.6 Å². The molecule has 1 aromatic heterocycles. The van der Waals surface area contributed by atoms with E-state index in [0.717, 1.165) is 48.9 Å². The summed E-state index contributed by atoms with van der Waals surface area (Å²) >= 11 is 0. The molecule has 5 rings (SSSR count). The number of piperazine rings is 1. The number of amides is 1. The number of nitrogens with one attached hydrogen (secondary N) is 1. The molecule has 2 heterocycles. The normalized spacial score (nSPS) is 42.3. The minimum absolute atomic E-state index is 0.161. The fourth-order valence-electron chi connectivity index (χ4n) is 5.69. The van der Waals surface area contributed by atoms with E-state index >= 15 is 0 Å². The standard InChI is InChI=1S/C18H23N3O/c22-18(17-15-11-3-4-12(8-11)16(15)17)21-7-6-20-10-14(21)13-2-1-5-19-9-13/h1-2,5,9,11-12,14-17,20H,3-4,6-8,10H2. The zero-order valence-electron chi connectivity index (χ0n) is 12.8. The van der Waals surface area contributed by atoms with Gasteiger partial charge in [0.05, 0.1) is 6.04 Å². The van der Waals surface area contributed by atoms with Crippen LogP contribution < -0.4 is 5.32 Å². The first-order valence-corrected chi connectivity index (χ1v) is 8.75. The lowest BCUT2D eigenvalue weighted by atomic mass is 9.99. The molecule has 0 aromatic carbocycles. The van der Waals surface area contributed by atoms with Crippen LogP contribution in [0.1, 0.15) is 30.9 Å². The molecule has 4 aliphatic rings. The highest BCUT2D eigenvalue weighted by molar-refractivity contribution is 5.83. The average molecular weight is 297 g/mol. The first kappa shape index (κ1) is 13.1. The van der Waals surface area contributed by atoms with E-state index in [1.54, 1.807) is 6.20 Å². The molecule has 4 nitrogen and oxygen atoms in total. The molecule has 1 aromatic rings. The molecule has 1 saturated heterocycles. The Balaban J connectivity index is 1.38. The summed E-state index contributed by atoms with van der Waals surface area (Å²) in [4.78, 5) is 19.5. The highest BCUT2D eigenvalue weighted by atomic mass is 16.2. The molecule has 1 N–H and O–H groups in total. The lowest BCUT2D eigenvalue weighted by Gasteiger charge is -2.37. The third-order valence-corrected chi connectivity index (χ3v) is 6.62. The maximum absolute atomic E-state index is 13.2. The van der Waals surface area contributed by atoms with Gasteiger partial charge in [-0.25, -0.2) is 0 Å². The fraction of sp³-hybridized carbons (Fsp3) is 0.667. The van der Waals surface area contributed by atoms with E-state index in [9.17, 15) is 4.79 Å². The number of pyridine rings is 1. The summed E-state index contributed by atoms with van der Waals surface area (Å²) in [7, 11) is 0. The Hall–Kier alpha value is -1.42. The predicted molar refractivity (Wildman–Crippen MR) is 82.9 cm³/mol. The fourth-order valence-corrected chi connectivity index (χ4v) is 5.69. The largest absolute Gasteiger partial charge is 0.333 e. The van der Waals surface area contributed by atoms with E-state index in [4.69, 9.17) is 0 Å². The third kappa shape index (κ3) is 1.79. The van der Waals surface area contributed by atoms with Crippen molar-refractivity contribution in [2.45, 2.75) is 25.3 Å². The van der Waals surface area contributed by atoms with Gasteiger partial charge in [0.25, 0.3) is 0 Å². The first-order valence-electron chi connectivity index (χ1n) is 8.75. The summed E-state index contributed by atoms with van der Waals surface area (Å²) in [5, 5.41) is 3.44. The number of carbonyl (C=O) groups excluding carboxylic acids is 1. The Kier molecular flexibility index (Phi) is 2.84. The molecule has 0 spiro atoms. The summed E-state index contributed by atoms with van der Waals surface area (Å²) in [6.07, 6.45) is 7.88. The van der Waals surface area contributed by atoms with Crippen LogP contribution in [-0.2, 0) is 4.79 Å². The van der Waals surface area contributed by atoms with E-state index in [0.29, 0.717) is 11.8 Å². The van der Waals surface area contributed by atoms with Gasteiger partial charge in [0.15, 0.2) is 0 Å². The Morgan fingerprint density at radius 1 is 1.27 bits per heavy atom. The summed E-state index contributed by atoms with van der Waals surface area (Å²) in [6, 6.07) is 4.23. The Labute approximate surface area is 131 Å². The minimum Gasteiger partial charge on any atom is -0.333 e. The summed E-state index contributed by atoms with van der Waals surface area (Å²) in [5.41, 5.74) is 1.16. The van der Waals surface area contributed by atoms with Crippen molar-refractivity contribution in [3.63, 3.8) is 0 Å². The quantitative estimate of drug-likeness (QED) is 0.906. The van der Waals surface area contributed by atoms with E-state index in [1.165, 1.54) is 19.3 Å². The molecule has 5 unspecified atom stereocenters. The highest BCUT2D eigenvalue weighted by Gasteiger charge is 2.68. The van der Waals surface area contributed by atoms with Gasteiger partial charge in [-0.1, -0.05) is 6.07 Å². The van der Waals surface area contributed by atoms with Gasteiger partial charge in [-0.05, 0) is 54.6 Å². The van der Waals surface area contributed by atoms with Crippen molar-refractivity contribution in [1.82, 2.24) is 15.2 Å². The molecule has 2 bridgehead atoms. The van der Waals surface area contributed by atoms with Gasteiger partial charge in [0.2, 0.25) is 5.91 Å². The van der Waals surface area contributed by atoms with Crippen molar-refractivity contribution < 1.29 is 4.79 Å². The molecule has 0 radical (unpaired) electrons. The van der Waals surface area contributed by atoms with Crippen LogP contribution in [-0.4, -0.2) is 35.4 Å². The number of hydrogen-bond donors (Lipinski definition) is 1. The van der Waals surface area contributed by atoms with Crippen LogP contribution in [0.2, 0.25) is 0 Å². The first-order chi connectivity index (χ1) is 10.8. The molecule has 1 aliphatic heterocycles. The van der Waals surface area contributed by atoms with E-state index in [1.807, 2.05) is 12.3 Å². The Morgan fingerprint density at radius 3 is 2.82 bits per heavy atom. The predicted octanol–water partition coefficient (Wildman–Crippen LogP) is 1.85. The van der Waals surface area contributed by atoms with Gasteiger partial charge >= 0.3 is 0 Å². The topological polar surface area (TPSA) is 45.2 Å². The second kappa shape index (κ2) is 4.79. The number of fused-ring (bicyclic) bond motifs is 5. The molecular weight excluding hydrogens is 274 g/mol. The molecule has 1 amide bonds. The lowest BCUT2D eigenvalue weighted by Crippen LogP contribution is -2.49. The van der Waals surface area contributed by atoms with E-state index in [-0.39, 0.29) is 6.04 Å². The highest BCUT2D eigenvalue weighted by Crippen LogP contribution is 2.69. The van der Waals surface area contributed by atoms with Crippen LogP contribution in [0.25, 0.3) is 0 Å². The van der Waals surface area contributed by atoms with Crippen molar-refractivity contribution in [2.24, 2.45) is 29.6 Å². The van der Waals surface area contributed by atoms with Crippen molar-refractivity contribution >= 4 is 5.91 Å². The summed E-state index contributed by atoms with van der Waals surface area (Å²) < 4.78 is 0. The van der Waals surface area contributed by atoms with Gasteiger partial charge in [-0.2, -0.15) is 0 Å². The minimum atomic E-state index is 0.161. The van der Waals surface area contributed by atoms with Crippen molar-refractivity contribution in [3.8, 4) is 0 Å². The van der Waals surface area contributed by atoms with Crippen LogP contribution in [0, 0.1) is 29.6 Å².